The van der Waals surface area contributed by atoms with Gasteiger partial charge in [0.05, 0.1) is 0 Å². The van der Waals surface area contributed by atoms with Gasteiger partial charge in [-0.05, 0) is 28.3 Å². The van der Waals surface area contributed by atoms with Gasteiger partial charge in [0.15, 0.2) is 5.78 Å². The van der Waals surface area contributed by atoms with Crippen LogP contribution in [0.15, 0.2) is 60.7 Å². The summed E-state index contributed by atoms with van der Waals surface area (Å²) >= 11 is 0. The summed E-state index contributed by atoms with van der Waals surface area (Å²) < 4.78 is 0. The molecule has 0 unspecified atom stereocenters. The quantitative estimate of drug-likeness (QED) is 0.457. The largest absolute Gasteiger partial charge is 0.289 e. The van der Waals surface area contributed by atoms with Crippen molar-refractivity contribution < 1.29 is 4.79 Å². The van der Waals surface area contributed by atoms with Crippen molar-refractivity contribution in [1.82, 2.24) is 0 Å². The molecule has 0 radical (unpaired) electrons. The van der Waals surface area contributed by atoms with E-state index in [9.17, 15) is 4.79 Å². The van der Waals surface area contributed by atoms with Crippen LogP contribution in [-0.2, 0) is 6.42 Å². The second-order valence-electron chi connectivity index (χ2n) is 4.98. The number of ketones is 1. The lowest BCUT2D eigenvalue weighted by Crippen LogP contribution is -2.15. The molecule has 1 heteroatoms. The maximum absolute atomic E-state index is 12.7. The molecule has 0 aliphatic heterocycles. The predicted molar refractivity (Wildman–Crippen MR) is 76.6 cm³/mol. The maximum Gasteiger partial charge on any atom is 0.194 e. The zero-order valence-corrected chi connectivity index (χ0v) is 10.4. The molecule has 0 heterocycles. The van der Waals surface area contributed by atoms with Gasteiger partial charge in [0.2, 0.25) is 0 Å². The molecule has 1 nitrogen and oxygen atoms in total. The van der Waals surface area contributed by atoms with Crippen LogP contribution in [0.1, 0.15) is 27.0 Å². The molecule has 3 aromatic rings. The molecule has 90 valence electrons. The minimum Gasteiger partial charge on any atom is -0.289 e. The van der Waals surface area contributed by atoms with Crippen molar-refractivity contribution in [2.45, 2.75) is 6.42 Å². The Morgan fingerprint density at radius 2 is 1.53 bits per heavy atom. The van der Waals surface area contributed by atoms with Gasteiger partial charge in [-0.2, -0.15) is 0 Å². The van der Waals surface area contributed by atoms with E-state index < -0.39 is 0 Å². The third kappa shape index (κ3) is 1.45. The molecule has 1 aliphatic carbocycles. The van der Waals surface area contributed by atoms with E-state index in [-0.39, 0.29) is 5.78 Å². The molecule has 0 bridgehead atoms. The fourth-order valence-electron chi connectivity index (χ4n) is 2.97. The lowest BCUT2D eigenvalue weighted by atomic mass is 9.82. The minimum atomic E-state index is 0.161. The van der Waals surface area contributed by atoms with Crippen LogP contribution in [0.4, 0.5) is 0 Å². The van der Waals surface area contributed by atoms with Crippen molar-refractivity contribution >= 4 is 16.6 Å². The Labute approximate surface area is 111 Å². The molecule has 0 fully saturated rings. The van der Waals surface area contributed by atoms with E-state index in [1.165, 1.54) is 0 Å². The Hall–Kier alpha value is -2.41. The Morgan fingerprint density at radius 3 is 2.47 bits per heavy atom. The fourth-order valence-corrected chi connectivity index (χ4v) is 2.97. The van der Waals surface area contributed by atoms with Gasteiger partial charge in [0.25, 0.3) is 0 Å². The first-order valence-electron chi connectivity index (χ1n) is 6.48. The van der Waals surface area contributed by atoms with Crippen molar-refractivity contribution in [1.29, 1.82) is 0 Å². The molecule has 0 aromatic heterocycles. The summed E-state index contributed by atoms with van der Waals surface area (Å²) in [5.41, 5.74) is 4.01. The van der Waals surface area contributed by atoms with E-state index in [2.05, 4.69) is 18.2 Å². The van der Waals surface area contributed by atoms with Gasteiger partial charge in [-0.1, -0.05) is 60.7 Å². The summed E-state index contributed by atoms with van der Waals surface area (Å²) in [6, 6.07) is 20.2. The lowest BCUT2D eigenvalue weighted by molar-refractivity contribution is 0.103. The summed E-state index contributed by atoms with van der Waals surface area (Å²) in [6.45, 7) is 0. The molecule has 0 spiro atoms. The summed E-state index contributed by atoms with van der Waals surface area (Å²) in [7, 11) is 0. The van der Waals surface area contributed by atoms with Crippen LogP contribution < -0.4 is 0 Å². The van der Waals surface area contributed by atoms with Crippen LogP contribution in [0.2, 0.25) is 0 Å². The van der Waals surface area contributed by atoms with Gasteiger partial charge >= 0.3 is 0 Å². The highest BCUT2D eigenvalue weighted by Crippen LogP contribution is 2.32. The average Bonchev–Trinajstić information content (AvgIpc) is 2.47. The highest BCUT2D eigenvalue weighted by Gasteiger charge is 2.24. The summed E-state index contributed by atoms with van der Waals surface area (Å²) in [5, 5.41) is 2.20. The first kappa shape index (κ1) is 10.5. The number of benzene rings is 3. The SMILES string of the molecule is O=C1c2ccccc2Cc2ccc3ccccc3c21. The molecule has 3 aromatic carbocycles. The van der Waals surface area contributed by atoms with Gasteiger partial charge in [-0.15, -0.1) is 0 Å². The molecule has 0 saturated heterocycles. The lowest BCUT2D eigenvalue weighted by Gasteiger charge is -2.20. The number of hydrogen-bond acceptors (Lipinski definition) is 1. The van der Waals surface area contributed by atoms with Crippen LogP contribution in [-0.4, -0.2) is 5.78 Å². The second-order valence-corrected chi connectivity index (χ2v) is 4.98. The Morgan fingerprint density at radius 1 is 0.737 bits per heavy atom. The monoisotopic (exact) mass is 244 g/mol. The number of fused-ring (bicyclic) bond motifs is 4. The second kappa shape index (κ2) is 3.79. The summed E-state index contributed by atoms with van der Waals surface area (Å²) in [4.78, 5) is 12.7. The van der Waals surface area contributed by atoms with E-state index in [1.807, 2.05) is 42.5 Å². The Bertz CT molecular complexity index is 815. The van der Waals surface area contributed by atoms with Crippen LogP contribution >= 0.6 is 0 Å². The smallest absolute Gasteiger partial charge is 0.194 e. The third-order valence-corrected chi connectivity index (χ3v) is 3.89. The minimum absolute atomic E-state index is 0.161. The molecular formula is C18H12O. The number of carbonyl (C=O) groups is 1. The third-order valence-electron chi connectivity index (χ3n) is 3.89. The maximum atomic E-state index is 12.7. The van der Waals surface area contributed by atoms with Gasteiger partial charge in [-0.3, -0.25) is 4.79 Å². The molecule has 0 saturated carbocycles. The summed E-state index contributed by atoms with van der Waals surface area (Å²) in [6.07, 6.45) is 0.849. The van der Waals surface area contributed by atoms with Crippen molar-refractivity contribution in [3.8, 4) is 0 Å². The van der Waals surface area contributed by atoms with Crippen molar-refractivity contribution in [3.05, 3.63) is 82.9 Å². The highest BCUT2D eigenvalue weighted by molar-refractivity contribution is 6.19. The van der Waals surface area contributed by atoms with Gasteiger partial charge in [0.1, 0.15) is 0 Å². The molecule has 0 N–H and O–H groups in total. The van der Waals surface area contributed by atoms with Crippen LogP contribution in [0.3, 0.4) is 0 Å². The summed E-state index contributed by atoms with van der Waals surface area (Å²) in [5.74, 6) is 0.161. The molecular weight excluding hydrogens is 232 g/mol. The van der Waals surface area contributed by atoms with E-state index in [0.717, 1.165) is 39.4 Å². The van der Waals surface area contributed by atoms with Gasteiger partial charge in [0, 0.05) is 11.1 Å². The topological polar surface area (TPSA) is 17.1 Å². The molecule has 0 atom stereocenters. The van der Waals surface area contributed by atoms with E-state index in [0.29, 0.717) is 0 Å². The molecule has 4 rings (SSSR count). The van der Waals surface area contributed by atoms with Crippen molar-refractivity contribution in [3.63, 3.8) is 0 Å². The predicted octanol–water partition coefficient (Wildman–Crippen LogP) is 3.98. The first-order valence-corrected chi connectivity index (χ1v) is 6.48. The van der Waals surface area contributed by atoms with E-state index in [4.69, 9.17) is 0 Å². The Balaban J connectivity index is 2.07. The average molecular weight is 244 g/mol. The Kier molecular flexibility index (Phi) is 2.10. The van der Waals surface area contributed by atoms with E-state index in [1.54, 1.807) is 0 Å². The molecule has 1 aliphatic rings. The van der Waals surface area contributed by atoms with Crippen molar-refractivity contribution in [2.24, 2.45) is 0 Å². The standard InChI is InChI=1S/C18H12O/c19-18-16-8-4-2-6-13(16)11-14-10-9-12-5-1-3-7-15(12)17(14)18/h1-10H,11H2. The van der Waals surface area contributed by atoms with Crippen LogP contribution in [0.25, 0.3) is 10.8 Å². The number of carbonyl (C=O) groups excluding carboxylic acids is 1. The zero-order valence-electron chi connectivity index (χ0n) is 10.4. The normalized spacial score (nSPS) is 13.2. The van der Waals surface area contributed by atoms with Gasteiger partial charge in [-0.25, -0.2) is 0 Å². The van der Waals surface area contributed by atoms with Crippen LogP contribution in [0, 0.1) is 0 Å². The number of rotatable bonds is 0. The van der Waals surface area contributed by atoms with Gasteiger partial charge < -0.3 is 0 Å². The number of hydrogen-bond donors (Lipinski definition) is 0. The zero-order chi connectivity index (χ0) is 12.8. The van der Waals surface area contributed by atoms with Crippen molar-refractivity contribution in [2.75, 3.05) is 0 Å². The fraction of sp³-hybridized carbons (Fsp3) is 0.0556. The highest BCUT2D eigenvalue weighted by atomic mass is 16.1. The first-order chi connectivity index (χ1) is 9.34. The molecule has 19 heavy (non-hydrogen) atoms. The van der Waals surface area contributed by atoms with Crippen LogP contribution in [0.5, 0.6) is 0 Å². The molecule has 0 amide bonds. The van der Waals surface area contributed by atoms with E-state index >= 15 is 0 Å².